The van der Waals surface area contributed by atoms with Gasteiger partial charge in [0.1, 0.15) is 0 Å². The maximum atomic E-state index is 11.6. The molecule has 0 aliphatic heterocycles. The van der Waals surface area contributed by atoms with Crippen LogP contribution in [0.4, 0.5) is 0 Å². The van der Waals surface area contributed by atoms with E-state index in [-0.39, 0.29) is 5.56 Å². The molecule has 0 aromatic carbocycles. The molecule has 1 rings (SSSR count). The molecule has 2 unspecified atom stereocenters. The fourth-order valence-electron chi connectivity index (χ4n) is 1.77. The summed E-state index contributed by atoms with van der Waals surface area (Å²) in [5.41, 5.74) is -0.0286. The van der Waals surface area contributed by atoms with Crippen LogP contribution in [-0.2, 0) is 6.54 Å². The zero-order valence-corrected chi connectivity index (χ0v) is 11.0. The molecular formula is C13H23N3O. The minimum Gasteiger partial charge on any atom is -0.312 e. The molecular weight excluding hydrogens is 214 g/mol. The van der Waals surface area contributed by atoms with Crippen LogP contribution < -0.4 is 10.9 Å². The van der Waals surface area contributed by atoms with E-state index in [9.17, 15) is 4.79 Å². The third-order valence-electron chi connectivity index (χ3n) is 3.14. The van der Waals surface area contributed by atoms with Gasteiger partial charge in [0.05, 0.1) is 6.54 Å². The molecule has 0 aliphatic carbocycles. The number of aromatic nitrogens is 2. The Labute approximate surface area is 103 Å². The van der Waals surface area contributed by atoms with Crippen LogP contribution >= 0.6 is 0 Å². The third kappa shape index (κ3) is 4.30. The van der Waals surface area contributed by atoms with E-state index in [1.165, 1.54) is 0 Å². The van der Waals surface area contributed by atoms with Crippen molar-refractivity contribution in [3.05, 3.63) is 28.7 Å². The van der Waals surface area contributed by atoms with Crippen LogP contribution in [0.2, 0.25) is 0 Å². The van der Waals surface area contributed by atoms with E-state index in [2.05, 4.69) is 31.2 Å². The molecule has 0 amide bonds. The molecule has 1 heterocycles. The monoisotopic (exact) mass is 237 g/mol. The SMILES string of the molecule is CCCNC(Cn1ncccc1=O)C(C)CC. The highest BCUT2D eigenvalue weighted by atomic mass is 16.1. The Morgan fingerprint density at radius 1 is 1.47 bits per heavy atom. The predicted octanol–water partition coefficient (Wildman–Crippen LogP) is 1.66. The number of rotatable bonds is 7. The van der Waals surface area contributed by atoms with E-state index >= 15 is 0 Å². The first-order chi connectivity index (χ1) is 8.19. The third-order valence-corrected chi connectivity index (χ3v) is 3.14. The van der Waals surface area contributed by atoms with Crippen molar-refractivity contribution in [1.29, 1.82) is 0 Å². The first-order valence-electron chi connectivity index (χ1n) is 6.44. The molecule has 0 bridgehead atoms. The highest BCUT2D eigenvalue weighted by Gasteiger charge is 2.16. The zero-order chi connectivity index (χ0) is 12.7. The Morgan fingerprint density at radius 3 is 2.82 bits per heavy atom. The quantitative estimate of drug-likeness (QED) is 0.784. The lowest BCUT2D eigenvalue weighted by molar-refractivity contribution is 0.314. The summed E-state index contributed by atoms with van der Waals surface area (Å²) in [6, 6.07) is 3.55. The van der Waals surface area contributed by atoms with E-state index in [0.29, 0.717) is 18.5 Å². The van der Waals surface area contributed by atoms with Crippen LogP contribution in [0.15, 0.2) is 23.1 Å². The van der Waals surface area contributed by atoms with Crippen molar-refractivity contribution in [3.8, 4) is 0 Å². The van der Waals surface area contributed by atoms with Crippen LogP contribution in [-0.4, -0.2) is 22.4 Å². The van der Waals surface area contributed by atoms with Crippen LogP contribution in [0.3, 0.4) is 0 Å². The summed E-state index contributed by atoms with van der Waals surface area (Å²) in [5.74, 6) is 0.537. The highest BCUT2D eigenvalue weighted by molar-refractivity contribution is 4.86. The van der Waals surface area contributed by atoms with Crippen LogP contribution in [0, 0.1) is 5.92 Å². The highest BCUT2D eigenvalue weighted by Crippen LogP contribution is 2.08. The second kappa shape index (κ2) is 7.22. The van der Waals surface area contributed by atoms with Gasteiger partial charge >= 0.3 is 0 Å². The largest absolute Gasteiger partial charge is 0.312 e. The van der Waals surface area contributed by atoms with Crippen molar-refractivity contribution < 1.29 is 0 Å². The zero-order valence-electron chi connectivity index (χ0n) is 11.0. The summed E-state index contributed by atoms with van der Waals surface area (Å²) in [4.78, 5) is 11.6. The van der Waals surface area contributed by atoms with E-state index in [1.54, 1.807) is 23.0 Å². The number of hydrogen-bond acceptors (Lipinski definition) is 3. The first-order valence-corrected chi connectivity index (χ1v) is 6.44. The minimum atomic E-state index is -0.0286. The number of hydrogen-bond donors (Lipinski definition) is 1. The van der Waals surface area contributed by atoms with E-state index in [1.807, 2.05) is 0 Å². The van der Waals surface area contributed by atoms with Gasteiger partial charge in [-0.1, -0.05) is 27.2 Å². The second-order valence-electron chi connectivity index (χ2n) is 4.49. The van der Waals surface area contributed by atoms with Gasteiger partial charge in [-0.05, 0) is 24.9 Å². The summed E-state index contributed by atoms with van der Waals surface area (Å²) in [6.07, 6.45) is 3.86. The van der Waals surface area contributed by atoms with Crippen molar-refractivity contribution in [2.45, 2.75) is 46.2 Å². The molecule has 1 aromatic rings. The minimum absolute atomic E-state index is 0.0286. The molecule has 4 heteroatoms. The Morgan fingerprint density at radius 2 is 2.24 bits per heavy atom. The van der Waals surface area contributed by atoms with Crippen molar-refractivity contribution in [2.24, 2.45) is 5.92 Å². The lowest BCUT2D eigenvalue weighted by Crippen LogP contribution is -2.41. The number of nitrogens with zero attached hydrogens (tertiary/aromatic N) is 2. The average molecular weight is 237 g/mol. The lowest BCUT2D eigenvalue weighted by atomic mass is 9.99. The van der Waals surface area contributed by atoms with Gasteiger partial charge in [-0.15, -0.1) is 0 Å². The van der Waals surface area contributed by atoms with Gasteiger partial charge in [0.2, 0.25) is 0 Å². The molecule has 1 aromatic heterocycles. The average Bonchev–Trinajstić information content (AvgIpc) is 2.35. The number of nitrogens with one attached hydrogen (secondary N) is 1. The molecule has 1 N–H and O–H groups in total. The van der Waals surface area contributed by atoms with E-state index in [4.69, 9.17) is 0 Å². The van der Waals surface area contributed by atoms with Gasteiger partial charge in [0.15, 0.2) is 0 Å². The molecule has 0 radical (unpaired) electrons. The van der Waals surface area contributed by atoms with Gasteiger partial charge in [-0.3, -0.25) is 4.79 Å². The summed E-state index contributed by atoms with van der Waals surface area (Å²) < 4.78 is 1.54. The summed E-state index contributed by atoms with van der Waals surface area (Å²) in [6.45, 7) is 8.16. The Kier molecular flexibility index (Phi) is 5.91. The van der Waals surface area contributed by atoms with Gasteiger partial charge in [-0.25, -0.2) is 4.68 Å². The summed E-state index contributed by atoms with van der Waals surface area (Å²) in [5, 5.41) is 7.60. The topological polar surface area (TPSA) is 46.9 Å². The standard InChI is InChI=1S/C13H23N3O/c1-4-8-14-12(11(3)5-2)10-16-13(17)7-6-9-15-16/h6-7,9,11-12,14H,4-5,8,10H2,1-3H3. The Balaban J connectivity index is 2.72. The molecule has 0 saturated carbocycles. The van der Waals surface area contributed by atoms with Gasteiger partial charge in [-0.2, -0.15) is 5.10 Å². The molecule has 4 nitrogen and oxygen atoms in total. The maximum Gasteiger partial charge on any atom is 0.266 e. The molecule has 0 fully saturated rings. The van der Waals surface area contributed by atoms with Crippen molar-refractivity contribution in [2.75, 3.05) is 6.54 Å². The first kappa shape index (κ1) is 13.9. The molecule has 2 atom stereocenters. The molecule has 0 saturated heterocycles. The second-order valence-corrected chi connectivity index (χ2v) is 4.49. The summed E-state index contributed by atoms with van der Waals surface area (Å²) >= 11 is 0. The molecule has 0 spiro atoms. The Bertz CT molecular complexity index is 375. The smallest absolute Gasteiger partial charge is 0.266 e. The van der Waals surface area contributed by atoms with Gasteiger partial charge < -0.3 is 5.32 Å². The Hall–Kier alpha value is -1.16. The van der Waals surface area contributed by atoms with Crippen LogP contribution in [0.1, 0.15) is 33.6 Å². The van der Waals surface area contributed by atoms with Crippen molar-refractivity contribution in [1.82, 2.24) is 15.1 Å². The van der Waals surface area contributed by atoms with Crippen molar-refractivity contribution in [3.63, 3.8) is 0 Å². The van der Waals surface area contributed by atoms with Crippen LogP contribution in [0.5, 0.6) is 0 Å². The normalized spacial score (nSPS) is 14.5. The summed E-state index contributed by atoms with van der Waals surface area (Å²) in [7, 11) is 0. The van der Waals surface area contributed by atoms with E-state index < -0.39 is 0 Å². The van der Waals surface area contributed by atoms with Gasteiger partial charge in [0, 0.05) is 18.3 Å². The fraction of sp³-hybridized carbons (Fsp3) is 0.692. The van der Waals surface area contributed by atoms with Crippen LogP contribution in [0.25, 0.3) is 0 Å². The van der Waals surface area contributed by atoms with Crippen molar-refractivity contribution >= 4 is 0 Å². The molecule has 17 heavy (non-hydrogen) atoms. The van der Waals surface area contributed by atoms with Gasteiger partial charge in [0.25, 0.3) is 5.56 Å². The molecule has 0 aliphatic rings. The molecule has 96 valence electrons. The van der Waals surface area contributed by atoms with E-state index in [0.717, 1.165) is 19.4 Å². The maximum absolute atomic E-state index is 11.6. The fourth-order valence-corrected chi connectivity index (χ4v) is 1.77. The lowest BCUT2D eigenvalue weighted by Gasteiger charge is -2.24. The predicted molar refractivity (Wildman–Crippen MR) is 70.0 cm³/mol.